The average Bonchev–Trinajstić information content (AvgIpc) is 2.72. The number of nitrogens with zero attached hydrogens (tertiary/aromatic N) is 3. The van der Waals surface area contributed by atoms with Crippen molar-refractivity contribution in [2.24, 2.45) is 11.5 Å². The fourth-order valence-corrected chi connectivity index (χ4v) is 3.38. The number of aromatic nitrogens is 3. The van der Waals surface area contributed by atoms with Gasteiger partial charge in [-0.05, 0) is 42.5 Å². The number of nitrogens with two attached hydrogens (primary N) is 2. The van der Waals surface area contributed by atoms with Gasteiger partial charge < -0.3 is 11.5 Å². The number of rotatable bonds is 8. The Labute approximate surface area is 183 Å². The van der Waals surface area contributed by atoms with Gasteiger partial charge in [-0.25, -0.2) is 9.97 Å². The van der Waals surface area contributed by atoms with E-state index in [0.717, 1.165) is 23.0 Å². The van der Waals surface area contributed by atoms with E-state index in [1.54, 1.807) is 36.5 Å². The summed E-state index contributed by atoms with van der Waals surface area (Å²) in [6.07, 6.45) is -1.51. The van der Waals surface area contributed by atoms with Crippen molar-refractivity contribution in [2.75, 3.05) is 0 Å². The first-order valence-electron chi connectivity index (χ1n) is 10.1. The smallest absolute Gasteiger partial charge is 0.369 e. The molecule has 3 rings (SSSR count). The number of benzene rings is 1. The molecule has 0 aliphatic heterocycles. The fourth-order valence-electron chi connectivity index (χ4n) is 3.38. The minimum absolute atomic E-state index is 0.0295. The van der Waals surface area contributed by atoms with Crippen molar-refractivity contribution in [3.63, 3.8) is 0 Å². The van der Waals surface area contributed by atoms with Gasteiger partial charge in [-0.2, -0.15) is 13.2 Å². The number of alkyl halides is 3. The molecule has 9 heteroatoms. The Morgan fingerprint density at radius 2 is 1.75 bits per heavy atom. The van der Waals surface area contributed by atoms with Gasteiger partial charge >= 0.3 is 6.18 Å². The summed E-state index contributed by atoms with van der Waals surface area (Å²) in [7, 11) is 0. The van der Waals surface area contributed by atoms with E-state index in [-0.39, 0.29) is 43.2 Å². The van der Waals surface area contributed by atoms with E-state index in [0.29, 0.717) is 5.56 Å². The minimum atomic E-state index is -4.57. The lowest BCUT2D eigenvalue weighted by Crippen LogP contribution is -2.16. The molecule has 32 heavy (non-hydrogen) atoms. The maximum atomic E-state index is 13.5. The number of halogens is 3. The highest BCUT2D eigenvalue weighted by molar-refractivity contribution is 5.77. The van der Waals surface area contributed by atoms with Gasteiger partial charge in [0.15, 0.2) is 0 Å². The zero-order valence-electron chi connectivity index (χ0n) is 17.6. The quantitative estimate of drug-likeness (QED) is 0.555. The molecule has 2 aromatic heterocycles. The predicted molar refractivity (Wildman–Crippen MR) is 113 cm³/mol. The first kappa shape index (κ1) is 23.3. The molecule has 0 spiro atoms. The lowest BCUT2D eigenvalue weighted by Gasteiger charge is -2.14. The van der Waals surface area contributed by atoms with Crippen LogP contribution in [0.25, 0.3) is 0 Å². The highest BCUT2D eigenvalue weighted by Crippen LogP contribution is 2.31. The summed E-state index contributed by atoms with van der Waals surface area (Å²) in [5.41, 5.74) is 13.1. The fraction of sp³-hybridized carbons (Fsp3) is 0.304. The second kappa shape index (κ2) is 9.86. The van der Waals surface area contributed by atoms with Crippen molar-refractivity contribution in [1.29, 1.82) is 0 Å². The highest BCUT2D eigenvalue weighted by Gasteiger charge is 2.34. The van der Waals surface area contributed by atoms with Crippen molar-refractivity contribution >= 4 is 5.91 Å². The first-order chi connectivity index (χ1) is 15.1. The largest absolute Gasteiger partial charge is 0.419 e. The van der Waals surface area contributed by atoms with Crippen LogP contribution in [0.2, 0.25) is 0 Å². The number of hydrogen-bond acceptors (Lipinski definition) is 5. The molecule has 168 valence electrons. The van der Waals surface area contributed by atoms with Crippen molar-refractivity contribution in [2.45, 2.75) is 44.8 Å². The van der Waals surface area contributed by atoms with Crippen LogP contribution >= 0.6 is 0 Å². The maximum absolute atomic E-state index is 13.5. The third-order valence-corrected chi connectivity index (χ3v) is 5.01. The third-order valence-electron chi connectivity index (χ3n) is 5.01. The van der Waals surface area contributed by atoms with E-state index >= 15 is 0 Å². The second-order valence-corrected chi connectivity index (χ2v) is 7.61. The number of amides is 1. The van der Waals surface area contributed by atoms with Gasteiger partial charge in [0.25, 0.3) is 0 Å². The Kier molecular flexibility index (Phi) is 7.19. The molecule has 1 atom stereocenters. The molecule has 0 saturated carbocycles. The first-order valence-corrected chi connectivity index (χ1v) is 10.1. The topological polar surface area (TPSA) is 108 Å². The van der Waals surface area contributed by atoms with Gasteiger partial charge in [-0.3, -0.25) is 9.78 Å². The number of hydrogen-bond donors (Lipinski definition) is 2. The summed E-state index contributed by atoms with van der Waals surface area (Å²) in [4.78, 5) is 23.7. The monoisotopic (exact) mass is 443 g/mol. The number of carbonyl (C=O) groups is 1. The summed E-state index contributed by atoms with van der Waals surface area (Å²) < 4.78 is 40.6. The summed E-state index contributed by atoms with van der Waals surface area (Å²) in [6.45, 7) is 1.81. The van der Waals surface area contributed by atoms with E-state index in [2.05, 4.69) is 15.0 Å². The standard InChI is InChI=1S/C23H24F3N5O/c1-14(27)19-8-6-15(12-29-19)10-22-30-13-18(23(24,25)26)20(31-22)9-7-16-4-2-3-5-17(16)11-21(28)32/h2-6,8,12-14H,7,9-11,27H2,1H3,(H2,28,32). The molecule has 2 heterocycles. The summed E-state index contributed by atoms with van der Waals surface area (Å²) in [6, 6.07) is 10.4. The molecule has 6 nitrogen and oxygen atoms in total. The van der Waals surface area contributed by atoms with Crippen LogP contribution in [0.5, 0.6) is 0 Å². The number of aryl methyl sites for hydroxylation is 2. The molecule has 0 radical (unpaired) electrons. The predicted octanol–water partition coefficient (Wildman–Crippen LogP) is 3.31. The Morgan fingerprint density at radius 3 is 2.34 bits per heavy atom. The normalized spacial score (nSPS) is 12.5. The van der Waals surface area contributed by atoms with Crippen LogP contribution in [0, 0.1) is 0 Å². The Morgan fingerprint density at radius 1 is 1.03 bits per heavy atom. The van der Waals surface area contributed by atoms with Gasteiger partial charge in [-0.1, -0.05) is 30.3 Å². The summed E-state index contributed by atoms with van der Waals surface area (Å²) >= 11 is 0. The van der Waals surface area contributed by atoms with E-state index in [1.807, 2.05) is 13.0 Å². The lowest BCUT2D eigenvalue weighted by molar-refractivity contribution is -0.138. The van der Waals surface area contributed by atoms with E-state index < -0.39 is 17.6 Å². The van der Waals surface area contributed by atoms with E-state index in [9.17, 15) is 18.0 Å². The van der Waals surface area contributed by atoms with Gasteiger partial charge in [-0.15, -0.1) is 0 Å². The van der Waals surface area contributed by atoms with Crippen molar-refractivity contribution in [3.05, 3.63) is 88.3 Å². The second-order valence-electron chi connectivity index (χ2n) is 7.61. The molecule has 1 unspecified atom stereocenters. The molecule has 1 amide bonds. The Balaban J connectivity index is 1.84. The molecule has 0 saturated heterocycles. The van der Waals surface area contributed by atoms with Crippen molar-refractivity contribution in [3.8, 4) is 0 Å². The molecule has 3 aromatic rings. The molecule has 1 aromatic carbocycles. The van der Waals surface area contributed by atoms with Gasteiger partial charge in [0.2, 0.25) is 5.91 Å². The van der Waals surface area contributed by atoms with Crippen LogP contribution in [-0.4, -0.2) is 20.9 Å². The lowest BCUT2D eigenvalue weighted by atomic mass is 9.98. The maximum Gasteiger partial charge on any atom is 0.419 e. The van der Waals surface area contributed by atoms with Gasteiger partial charge in [0.1, 0.15) is 5.82 Å². The number of carbonyl (C=O) groups excluding carboxylic acids is 1. The van der Waals surface area contributed by atoms with E-state index in [4.69, 9.17) is 11.5 Å². The van der Waals surface area contributed by atoms with Crippen LogP contribution in [0.15, 0.2) is 48.8 Å². The SMILES string of the molecule is CC(N)c1ccc(Cc2ncc(C(F)(F)F)c(CCc3ccccc3CC(N)=O)n2)cn1. The molecule has 0 aliphatic carbocycles. The van der Waals surface area contributed by atoms with Crippen molar-refractivity contribution in [1.82, 2.24) is 15.0 Å². The van der Waals surface area contributed by atoms with Crippen LogP contribution in [0.4, 0.5) is 13.2 Å². The van der Waals surface area contributed by atoms with Crippen molar-refractivity contribution < 1.29 is 18.0 Å². The minimum Gasteiger partial charge on any atom is -0.369 e. The van der Waals surface area contributed by atoms with Crippen LogP contribution in [0.3, 0.4) is 0 Å². The highest BCUT2D eigenvalue weighted by atomic mass is 19.4. The van der Waals surface area contributed by atoms with Gasteiger partial charge in [0.05, 0.1) is 23.4 Å². The molecular weight excluding hydrogens is 419 g/mol. The van der Waals surface area contributed by atoms with Gasteiger partial charge in [0, 0.05) is 24.9 Å². The molecule has 0 aliphatic rings. The third kappa shape index (κ3) is 6.10. The summed E-state index contributed by atoms with van der Waals surface area (Å²) in [5, 5.41) is 0. The number of primary amides is 1. The van der Waals surface area contributed by atoms with Crippen LogP contribution in [-0.2, 0) is 36.7 Å². The molecule has 4 N–H and O–H groups in total. The van der Waals surface area contributed by atoms with E-state index in [1.165, 1.54) is 0 Å². The molecule has 0 fully saturated rings. The zero-order valence-corrected chi connectivity index (χ0v) is 17.6. The van der Waals surface area contributed by atoms with Crippen LogP contribution in [0.1, 0.15) is 52.4 Å². The van der Waals surface area contributed by atoms with Crippen LogP contribution < -0.4 is 11.5 Å². The Hall–Kier alpha value is -3.33. The Bertz CT molecular complexity index is 1080. The molecule has 0 bridgehead atoms. The summed E-state index contributed by atoms with van der Waals surface area (Å²) in [5.74, 6) is -0.227. The molecular formula is C23H24F3N5O. The zero-order chi connectivity index (χ0) is 23.3. The average molecular weight is 443 g/mol. The number of pyridine rings is 1.